The van der Waals surface area contributed by atoms with Crippen LogP contribution in [-0.2, 0) is 11.2 Å². The average Bonchev–Trinajstić information content (AvgIpc) is 2.49. The van der Waals surface area contributed by atoms with Crippen LogP contribution in [0.25, 0.3) is 0 Å². The number of aliphatic hydroxyl groups is 1. The Morgan fingerprint density at radius 2 is 2.00 bits per heavy atom. The number of likely N-dealkylation sites (tertiary alicyclic amines) is 1. The molecule has 0 aliphatic carbocycles. The summed E-state index contributed by atoms with van der Waals surface area (Å²) in [7, 11) is 0. The number of rotatable bonds is 5. The summed E-state index contributed by atoms with van der Waals surface area (Å²) in [5.74, 6) is -0.239. The predicted molar refractivity (Wildman–Crippen MR) is 79.4 cm³/mol. The molecule has 116 valence electrons. The summed E-state index contributed by atoms with van der Waals surface area (Å²) in [5, 5.41) is 12.4. The van der Waals surface area contributed by atoms with E-state index in [1.165, 1.54) is 12.1 Å². The van der Waals surface area contributed by atoms with E-state index in [4.69, 9.17) is 0 Å². The minimum atomic E-state index is -0.247. The number of halogens is 1. The fraction of sp³-hybridized carbons (Fsp3) is 0.562. The Kier molecular flexibility index (Phi) is 5.70. The van der Waals surface area contributed by atoms with Crippen LogP contribution in [0.15, 0.2) is 24.3 Å². The minimum Gasteiger partial charge on any atom is -0.393 e. The molecule has 1 aliphatic heterocycles. The first-order valence-corrected chi connectivity index (χ1v) is 7.50. The number of carbonyl (C=O) groups is 1. The van der Waals surface area contributed by atoms with Gasteiger partial charge in [0.25, 0.3) is 0 Å². The lowest BCUT2D eigenvalue weighted by molar-refractivity contribution is -0.126. The Balaban J connectivity index is 1.72. The molecule has 0 aromatic heterocycles. The van der Waals surface area contributed by atoms with Gasteiger partial charge in [0.1, 0.15) is 5.82 Å². The average molecular weight is 294 g/mol. The highest BCUT2D eigenvalue weighted by molar-refractivity contribution is 5.81. The first-order chi connectivity index (χ1) is 10.1. The van der Waals surface area contributed by atoms with Gasteiger partial charge in [0, 0.05) is 19.6 Å². The molecule has 1 amide bonds. The SMILES string of the molecule is CC(C(=O)NCCc1ccc(F)cc1)N1CCC(O)CC1. The van der Waals surface area contributed by atoms with Crippen molar-refractivity contribution in [3.8, 4) is 0 Å². The lowest BCUT2D eigenvalue weighted by Gasteiger charge is -2.33. The lowest BCUT2D eigenvalue weighted by Crippen LogP contribution is -2.49. The fourth-order valence-corrected chi connectivity index (χ4v) is 2.57. The number of carbonyl (C=O) groups excluding carboxylic acids is 1. The summed E-state index contributed by atoms with van der Waals surface area (Å²) >= 11 is 0. The molecule has 0 radical (unpaired) electrons. The molecule has 5 heteroatoms. The predicted octanol–water partition coefficient (Wildman–Crippen LogP) is 1.33. The lowest BCUT2D eigenvalue weighted by atomic mass is 10.1. The van der Waals surface area contributed by atoms with E-state index in [9.17, 15) is 14.3 Å². The summed E-state index contributed by atoms with van der Waals surface area (Å²) in [6.07, 6.45) is 1.92. The van der Waals surface area contributed by atoms with Crippen molar-refractivity contribution in [2.24, 2.45) is 0 Å². The highest BCUT2D eigenvalue weighted by Gasteiger charge is 2.25. The molecule has 2 rings (SSSR count). The second-order valence-electron chi connectivity index (χ2n) is 5.61. The van der Waals surface area contributed by atoms with Crippen molar-refractivity contribution in [2.45, 2.75) is 38.3 Å². The van der Waals surface area contributed by atoms with Gasteiger partial charge in [0.2, 0.25) is 5.91 Å². The van der Waals surface area contributed by atoms with Crippen molar-refractivity contribution in [2.75, 3.05) is 19.6 Å². The Morgan fingerprint density at radius 1 is 1.38 bits per heavy atom. The summed E-state index contributed by atoms with van der Waals surface area (Å²) in [6, 6.07) is 6.15. The van der Waals surface area contributed by atoms with Crippen LogP contribution in [0, 0.1) is 5.82 Å². The Hall–Kier alpha value is -1.46. The first kappa shape index (κ1) is 15.9. The number of nitrogens with zero attached hydrogens (tertiary/aromatic N) is 1. The van der Waals surface area contributed by atoms with E-state index in [-0.39, 0.29) is 23.9 Å². The largest absolute Gasteiger partial charge is 0.393 e. The van der Waals surface area contributed by atoms with Crippen LogP contribution >= 0.6 is 0 Å². The van der Waals surface area contributed by atoms with Gasteiger partial charge in [-0.05, 0) is 43.9 Å². The van der Waals surface area contributed by atoms with E-state index in [0.29, 0.717) is 13.0 Å². The van der Waals surface area contributed by atoms with Crippen LogP contribution in [0.4, 0.5) is 4.39 Å². The van der Waals surface area contributed by atoms with Crippen molar-refractivity contribution in [1.82, 2.24) is 10.2 Å². The molecule has 1 atom stereocenters. The zero-order valence-corrected chi connectivity index (χ0v) is 12.4. The van der Waals surface area contributed by atoms with E-state index in [1.807, 2.05) is 6.92 Å². The molecule has 0 spiro atoms. The molecule has 1 heterocycles. The van der Waals surface area contributed by atoms with Gasteiger partial charge in [-0.3, -0.25) is 9.69 Å². The number of hydrogen-bond acceptors (Lipinski definition) is 3. The number of amides is 1. The van der Waals surface area contributed by atoms with Gasteiger partial charge in [0.15, 0.2) is 0 Å². The number of benzene rings is 1. The summed E-state index contributed by atoms with van der Waals surface area (Å²) < 4.78 is 12.8. The van der Waals surface area contributed by atoms with Crippen molar-refractivity contribution in [1.29, 1.82) is 0 Å². The number of nitrogens with one attached hydrogen (secondary N) is 1. The van der Waals surface area contributed by atoms with E-state index in [2.05, 4.69) is 10.2 Å². The van der Waals surface area contributed by atoms with Gasteiger partial charge in [0.05, 0.1) is 12.1 Å². The maximum Gasteiger partial charge on any atom is 0.237 e. The zero-order valence-electron chi connectivity index (χ0n) is 12.4. The standard InChI is InChI=1S/C16H23FN2O2/c1-12(19-10-7-15(20)8-11-19)16(21)18-9-6-13-2-4-14(17)5-3-13/h2-5,12,15,20H,6-11H2,1H3,(H,18,21). The maximum atomic E-state index is 12.8. The van der Waals surface area contributed by atoms with Crippen LogP contribution < -0.4 is 5.32 Å². The smallest absolute Gasteiger partial charge is 0.237 e. The van der Waals surface area contributed by atoms with Crippen LogP contribution in [0.1, 0.15) is 25.3 Å². The number of aliphatic hydroxyl groups excluding tert-OH is 1. The van der Waals surface area contributed by atoms with Gasteiger partial charge >= 0.3 is 0 Å². The monoisotopic (exact) mass is 294 g/mol. The maximum absolute atomic E-state index is 12.8. The van der Waals surface area contributed by atoms with Crippen LogP contribution in [0.3, 0.4) is 0 Å². The third-order valence-corrected chi connectivity index (χ3v) is 4.05. The normalized spacial score (nSPS) is 18.4. The molecule has 21 heavy (non-hydrogen) atoms. The van der Waals surface area contributed by atoms with E-state index in [1.54, 1.807) is 12.1 Å². The molecule has 4 nitrogen and oxygen atoms in total. The second kappa shape index (κ2) is 7.52. The van der Waals surface area contributed by atoms with Gasteiger partial charge < -0.3 is 10.4 Å². The topological polar surface area (TPSA) is 52.6 Å². The van der Waals surface area contributed by atoms with Crippen molar-refractivity contribution >= 4 is 5.91 Å². The van der Waals surface area contributed by atoms with Gasteiger partial charge in [-0.1, -0.05) is 12.1 Å². The first-order valence-electron chi connectivity index (χ1n) is 7.50. The third-order valence-electron chi connectivity index (χ3n) is 4.05. The molecule has 1 fully saturated rings. The number of hydrogen-bond donors (Lipinski definition) is 2. The van der Waals surface area contributed by atoms with Crippen molar-refractivity contribution in [3.63, 3.8) is 0 Å². The van der Waals surface area contributed by atoms with E-state index < -0.39 is 0 Å². The summed E-state index contributed by atoms with van der Waals surface area (Å²) in [5.41, 5.74) is 1.01. The van der Waals surface area contributed by atoms with Gasteiger partial charge in [-0.2, -0.15) is 0 Å². The second-order valence-corrected chi connectivity index (χ2v) is 5.61. The van der Waals surface area contributed by atoms with E-state index in [0.717, 1.165) is 31.5 Å². The Morgan fingerprint density at radius 3 is 2.62 bits per heavy atom. The quantitative estimate of drug-likeness (QED) is 0.861. The van der Waals surface area contributed by atoms with Crippen LogP contribution in [0.2, 0.25) is 0 Å². The third kappa shape index (κ3) is 4.79. The molecule has 1 aromatic rings. The molecular formula is C16H23FN2O2. The van der Waals surface area contributed by atoms with E-state index >= 15 is 0 Å². The molecule has 1 aromatic carbocycles. The summed E-state index contributed by atoms with van der Waals surface area (Å²) in [6.45, 7) is 3.96. The molecule has 0 bridgehead atoms. The summed E-state index contributed by atoms with van der Waals surface area (Å²) in [4.78, 5) is 14.2. The molecule has 1 unspecified atom stereocenters. The number of piperidine rings is 1. The molecule has 1 saturated heterocycles. The molecule has 2 N–H and O–H groups in total. The van der Waals surface area contributed by atoms with Crippen LogP contribution in [-0.4, -0.2) is 47.7 Å². The molecular weight excluding hydrogens is 271 g/mol. The fourth-order valence-electron chi connectivity index (χ4n) is 2.57. The Labute approximate surface area is 125 Å². The zero-order chi connectivity index (χ0) is 15.2. The molecule has 0 saturated carbocycles. The van der Waals surface area contributed by atoms with Gasteiger partial charge in [-0.25, -0.2) is 4.39 Å². The van der Waals surface area contributed by atoms with Crippen molar-refractivity contribution < 1.29 is 14.3 Å². The van der Waals surface area contributed by atoms with Crippen LogP contribution in [0.5, 0.6) is 0 Å². The van der Waals surface area contributed by atoms with Crippen molar-refractivity contribution in [3.05, 3.63) is 35.6 Å². The highest BCUT2D eigenvalue weighted by Crippen LogP contribution is 2.13. The van der Waals surface area contributed by atoms with Gasteiger partial charge in [-0.15, -0.1) is 0 Å². The highest BCUT2D eigenvalue weighted by atomic mass is 19.1. The Bertz CT molecular complexity index is 456. The molecule has 1 aliphatic rings. The minimum absolute atomic E-state index is 0.00787.